The number of carbonyl (C=O) groups is 1. The molecule has 5 nitrogen and oxygen atoms in total. The summed E-state index contributed by atoms with van der Waals surface area (Å²) < 4.78 is 7.50. The van der Waals surface area contributed by atoms with Crippen molar-refractivity contribution in [2.45, 2.75) is 31.9 Å². The number of halogens is 1. The summed E-state index contributed by atoms with van der Waals surface area (Å²) in [5.41, 5.74) is -0.0813. The summed E-state index contributed by atoms with van der Waals surface area (Å²) in [5, 5.41) is 0.606. The number of nitrogens with zero attached hydrogens (tertiary/aromatic N) is 2. The van der Waals surface area contributed by atoms with E-state index in [9.17, 15) is 9.59 Å². The number of aryl methyl sites for hydroxylation is 1. The van der Waals surface area contributed by atoms with Gasteiger partial charge in [0.05, 0.1) is 5.02 Å². The first kappa shape index (κ1) is 17.5. The zero-order chi connectivity index (χ0) is 17.6. The van der Waals surface area contributed by atoms with Crippen molar-refractivity contribution in [1.82, 2.24) is 9.47 Å². The van der Waals surface area contributed by atoms with Crippen molar-refractivity contribution in [3.05, 3.63) is 64.0 Å². The summed E-state index contributed by atoms with van der Waals surface area (Å²) >= 11 is 6.12. The van der Waals surface area contributed by atoms with Crippen molar-refractivity contribution in [3.63, 3.8) is 0 Å². The van der Waals surface area contributed by atoms with Gasteiger partial charge < -0.3 is 14.2 Å². The number of hydrogen-bond acceptors (Lipinski definition) is 3. The van der Waals surface area contributed by atoms with Crippen molar-refractivity contribution in [1.29, 1.82) is 0 Å². The molecule has 0 bridgehead atoms. The Kier molecular flexibility index (Phi) is 5.76. The van der Waals surface area contributed by atoms with Gasteiger partial charge in [0.25, 0.3) is 5.56 Å². The van der Waals surface area contributed by atoms with Gasteiger partial charge in [0.1, 0.15) is 11.9 Å². The standard InChI is InChI=1S/C19H21ClN2O3/c20-16-5-1-2-6-17(16)25-15-8-12-22(13-9-15)19(24)10-14-21-11-4-3-7-18(21)23/h1-7,11,15H,8-10,12-14H2. The number of amides is 1. The maximum absolute atomic E-state index is 12.4. The van der Waals surface area contributed by atoms with Gasteiger partial charge in [-0.15, -0.1) is 0 Å². The van der Waals surface area contributed by atoms with Crippen LogP contribution in [0.2, 0.25) is 5.02 Å². The summed E-state index contributed by atoms with van der Waals surface area (Å²) in [6.07, 6.45) is 3.67. The van der Waals surface area contributed by atoms with E-state index in [-0.39, 0.29) is 17.6 Å². The molecule has 132 valence electrons. The highest BCUT2D eigenvalue weighted by Crippen LogP contribution is 2.26. The SMILES string of the molecule is O=C(CCn1ccccc1=O)N1CCC(Oc2ccccc2Cl)CC1. The largest absolute Gasteiger partial charge is 0.489 e. The number of benzene rings is 1. The van der Waals surface area contributed by atoms with Gasteiger partial charge >= 0.3 is 0 Å². The van der Waals surface area contributed by atoms with Gasteiger partial charge in [-0.25, -0.2) is 0 Å². The van der Waals surface area contributed by atoms with Crippen LogP contribution in [-0.2, 0) is 11.3 Å². The third kappa shape index (κ3) is 4.63. The Morgan fingerprint density at radius 2 is 1.84 bits per heavy atom. The van der Waals surface area contributed by atoms with Gasteiger partial charge in [-0.3, -0.25) is 9.59 Å². The minimum Gasteiger partial charge on any atom is -0.489 e. The van der Waals surface area contributed by atoms with Gasteiger partial charge in [-0.05, 0) is 18.2 Å². The molecule has 6 heteroatoms. The molecular weight excluding hydrogens is 340 g/mol. The fourth-order valence-corrected chi connectivity index (χ4v) is 3.14. The van der Waals surface area contributed by atoms with E-state index in [0.717, 1.165) is 12.8 Å². The number of ether oxygens (including phenoxy) is 1. The Balaban J connectivity index is 1.47. The fourth-order valence-electron chi connectivity index (χ4n) is 2.96. The smallest absolute Gasteiger partial charge is 0.250 e. The van der Waals surface area contributed by atoms with Crippen LogP contribution in [0, 0.1) is 0 Å². The number of carbonyl (C=O) groups excluding carboxylic acids is 1. The highest BCUT2D eigenvalue weighted by molar-refractivity contribution is 6.32. The molecule has 0 spiro atoms. The predicted octanol–water partition coefficient (Wildman–Crippen LogP) is 2.96. The van der Waals surface area contributed by atoms with Crippen molar-refractivity contribution >= 4 is 17.5 Å². The summed E-state index contributed by atoms with van der Waals surface area (Å²) in [5.74, 6) is 0.768. The Morgan fingerprint density at radius 1 is 1.12 bits per heavy atom. The number of likely N-dealkylation sites (tertiary alicyclic amines) is 1. The topological polar surface area (TPSA) is 51.5 Å². The van der Waals surface area contributed by atoms with E-state index in [1.54, 1.807) is 29.0 Å². The number of pyridine rings is 1. The van der Waals surface area contributed by atoms with Crippen molar-refractivity contribution in [2.75, 3.05) is 13.1 Å². The van der Waals surface area contributed by atoms with Crippen LogP contribution in [0.25, 0.3) is 0 Å². The molecule has 0 N–H and O–H groups in total. The van der Waals surface area contributed by atoms with E-state index in [1.165, 1.54) is 6.07 Å². The lowest BCUT2D eigenvalue weighted by molar-refractivity contribution is -0.133. The average molecular weight is 361 g/mol. The van der Waals surface area contributed by atoms with Gasteiger partial charge in [0, 0.05) is 51.2 Å². The van der Waals surface area contributed by atoms with E-state index >= 15 is 0 Å². The quantitative estimate of drug-likeness (QED) is 0.823. The molecule has 0 saturated carbocycles. The minimum absolute atomic E-state index is 0.0701. The van der Waals surface area contributed by atoms with E-state index in [0.29, 0.717) is 36.8 Å². The molecule has 0 unspecified atom stereocenters. The van der Waals surface area contributed by atoms with Crippen LogP contribution in [0.3, 0.4) is 0 Å². The Labute approximate surface area is 151 Å². The molecule has 0 aliphatic carbocycles. The third-order valence-corrected chi connectivity index (χ3v) is 4.70. The second-order valence-corrected chi connectivity index (χ2v) is 6.52. The molecule has 3 rings (SSSR count). The van der Waals surface area contributed by atoms with Gasteiger partial charge in [0.15, 0.2) is 0 Å². The zero-order valence-electron chi connectivity index (χ0n) is 13.9. The first-order valence-corrected chi connectivity index (χ1v) is 8.86. The highest BCUT2D eigenvalue weighted by Gasteiger charge is 2.24. The minimum atomic E-state index is -0.0813. The number of para-hydroxylation sites is 1. The lowest BCUT2D eigenvalue weighted by Crippen LogP contribution is -2.42. The van der Waals surface area contributed by atoms with Crippen LogP contribution in [0.1, 0.15) is 19.3 Å². The zero-order valence-corrected chi connectivity index (χ0v) is 14.7. The number of piperidine rings is 1. The van der Waals surface area contributed by atoms with Gasteiger partial charge in [-0.2, -0.15) is 0 Å². The lowest BCUT2D eigenvalue weighted by Gasteiger charge is -2.32. The van der Waals surface area contributed by atoms with Crippen molar-refractivity contribution in [2.24, 2.45) is 0 Å². The molecule has 2 aromatic rings. The average Bonchev–Trinajstić information content (AvgIpc) is 2.63. The van der Waals surface area contributed by atoms with Crippen LogP contribution in [0.4, 0.5) is 0 Å². The van der Waals surface area contributed by atoms with Crippen LogP contribution in [0.5, 0.6) is 5.75 Å². The molecule has 1 saturated heterocycles. The van der Waals surface area contributed by atoms with E-state index in [4.69, 9.17) is 16.3 Å². The van der Waals surface area contributed by atoms with Crippen molar-refractivity contribution < 1.29 is 9.53 Å². The van der Waals surface area contributed by atoms with E-state index in [2.05, 4.69) is 0 Å². The monoisotopic (exact) mass is 360 g/mol. The van der Waals surface area contributed by atoms with Gasteiger partial charge in [-0.1, -0.05) is 29.8 Å². The highest BCUT2D eigenvalue weighted by atomic mass is 35.5. The molecule has 1 amide bonds. The molecule has 1 aromatic carbocycles. The second kappa shape index (κ2) is 8.21. The predicted molar refractivity (Wildman–Crippen MR) is 97.0 cm³/mol. The maximum atomic E-state index is 12.4. The second-order valence-electron chi connectivity index (χ2n) is 6.11. The molecule has 2 heterocycles. The lowest BCUT2D eigenvalue weighted by atomic mass is 10.1. The maximum Gasteiger partial charge on any atom is 0.250 e. The van der Waals surface area contributed by atoms with E-state index < -0.39 is 0 Å². The Morgan fingerprint density at radius 3 is 2.56 bits per heavy atom. The first-order chi connectivity index (χ1) is 12.1. The molecular formula is C19H21ClN2O3. The fraction of sp³-hybridized carbons (Fsp3) is 0.368. The van der Waals surface area contributed by atoms with Crippen molar-refractivity contribution in [3.8, 4) is 5.75 Å². The molecule has 0 radical (unpaired) electrons. The summed E-state index contributed by atoms with van der Waals surface area (Å²) in [6, 6.07) is 12.4. The Hall–Kier alpha value is -2.27. The molecule has 1 fully saturated rings. The molecule has 0 atom stereocenters. The normalized spacial score (nSPS) is 15.2. The summed E-state index contributed by atoms with van der Waals surface area (Å²) in [4.78, 5) is 25.9. The van der Waals surface area contributed by atoms with Crippen LogP contribution < -0.4 is 10.3 Å². The molecule has 1 aliphatic rings. The van der Waals surface area contributed by atoms with Gasteiger partial charge in [0.2, 0.25) is 5.91 Å². The van der Waals surface area contributed by atoms with Crippen LogP contribution in [0.15, 0.2) is 53.5 Å². The first-order valence-electron chi connectivity index (χ1n) is 8.48. The molecule has 1 aromatic heterocycles. The summed E-state index contributed by atoms with van der Waals surface area (Å²) in [6.45, 7) is 1.74. The number of aromatic nitrogens is 1. The van der Waals surface area contributed by atoms with Crippen LogP contribution >= 0.6 is 11.6 Å². The number of rotatable bonds is 5. The molecule has 1 aliphatic heterocycles. The van der Waals surface area contributed by atoms with E-state index in [1.807, 2.05) is 23.1 Å². The summed E-state index contributed by atoms with van der Waals surface area (Å²) in [7, 11) is 0. The Bertz CT molecular complexity index is 782. The number of hydrogen-bond donors (Lipinski definition) is 0. The third-order valence-electron chi connectivity index (χ3n) is 4.39. The molecule has 25 heavy (non-hydrogen) atoms. The van der Waals surface area contributed by atoms with Crippen LogP contribution in [-0.4, -0.2) is 34.6 Å².